The minimum absolute atomic E-state index is 0.0397. The number of nitrogens with zero attached hydrogens (tertiary/aromatic N) is 1. The van der Waals surface area contributed by atoms with E-state index in [0.717, 1.165) is 6.54 Å². The van der Waals surface area contributed by atoms with Crippen LogP contribution in [0.5, 0.6) is 0 Å². The Kier molecular flexibility index (Phi) is 20.1. The molecule has 0 fully saturated rings. The second-order valence-electron chi connectivity index (χ2n) is 7.82. The summed E-state index contributed by atoms with van der Waals surface area (Å²) in [6, 6.07) is 0. The fourth-order valence-electron chi connectivity index (χ4n) is 3.61. The Morgan fingerprint density at radius 1 is 0.640 bits per heavy atom. The standard InChI is InChI=1S/C22H47NO2/c1-3-5-7-9-11-12-14-16-18-22(21-23(25)19-20-24)17-15-13-10-8-6-4-2/h22,24-25H,3-21H2,1-2H3. The lowest BCUT2D eigenvalue weighted by Gasteiger charge is -2.22. The summed E-state index contributed by atoms with van der Waals surface area (Å²) < 4.78 is 0. The normalized spacial score (nSPS) is 12.8. The zero-order chi connectivity index (χ0) is 18.6. The van der Waals surface area contributed by atoms with Crippen LogP contribution in [0.2, 0.25) is 0 Å². The van der Waals surface area contributed by atoms with Crippen molar-refractivity contribution in [2.75, 3.05) is 19.7 Å². The van der Waals surface area contributed by atoms with Gasteiger partial charge in [0.25, 0.3) is 0 Å². The molecule has 0 heterocycles. The van der Waals surface area contributed by atoms with Crippen LogP contribution < -0.4 is 0 Å². The van der Waals surface area contributed by atoms with Gasteiger partial charge in [0.2, 0.25) is 0 Å². The number of hydrogen-bond donors (Lipinski definition) is 2. The van der Waals surface area contributed by atoms with Gasteiger partial charge in [-0.15, -0.1) is 0 Å². The van der Waals surface area contributed by atoms with Crippen molar-refractivity contribution >= 4 is 0 Å². The van der Waals surface area contributed by atoms with Crippen LogP contribution in [0.25, 0.3) is 0 Å². The summed E-state index contributed by atoms with van der Waals surface area (Å²) in [6.45, 7) is 5.68. The average molecular weight is 358 g/mol. The molecule has 1 atom stereocenters. The number of unbranched alkanes of at least 4 members (excludes halogenated alkanes) is 12. The fraction of sp³-hybridized carbons (Fsp3) is 1.00. The van der Waals surface area contributed by atoms with Crippen LogP contribution in [0.15, 0.2) is 0 Å². The first-order valence-corrected chi connectivity index (χ1v) is 11.3. The van der Waals surface area contributed by atoms with Gasteiger partial charge in [0, 0.05) is 13.1 Å². The molecule has 0 aromatic heterocycles. The number of aliphatic hydroxyl groups excluding tert-OH is 1. The van der Waals surface area contributed by atoms with Gasteiger partial charge < -0.3 is 10.3 Å². The van der Waals surface area contributed by atoms with Gasteiger partial charge in [-0.1, -0.05) is 104 Å². The number of hydroxylamine groups is 2. The molecular formula is C22H47NO2. The van der Waals surface area contributed by atoms with Gasteiger partial charge in [-0.2, -0.15) is 5.06 Å². The van der Waals surface area contributed by atoms with E-state index in [1.807, 2.05) is 0 Å². The first kappa shape index (κ1) is 24.9. The molecule has 0 radical (unpaired) electrons. The molecule has 0 bridgehead atoms. The Morgan fingerprint density at radius 3 is 1.44 bits per heavy atom. The van der Waals surface area contributed by atoms with Crippen molar-refractivity contribution in [1.82, 2.24) is 5.06 Å². The summed E-state index contributed by atoms with van der Waals surface area (Å²) in [7, 11) is 0. The van der Waals surface area contributed by atoms with Gasteiger partial charge in [-0.25, -0.2) is 0 Å². The smallest absolute Gasteiger partial charge is 0.0581 e. The van der Waals surface area contributed by atoms with E-state index in [2.05, 4.69) is 13.8 Å². The maximum atomic E-state index is 9.89. The minimum atomic E-state index is 0.0397. The molecule has 0 aliphatic heterocycles. The predicted molar refractivity (Wildman–Crippen MR) is 109 cm³/mol. The van der Waals surface area contributed by atoms with E-state index in [0.29, 0.717) is 12.5 Å². The molecule has 3 nitrogen and oxygen atoms in total. The Bertz CT molecular complexity index is 248. The van der Waals surface area contributed by atoms with Gasteiger partial charge in [-0.3, -0.25) is 0 Å². The monoisotopic (exact) mass is 357 g/mol. The predicted octanol–water partition coefficient (Wildman–Crippen LogP) is 6.57. The molecule has 3 heteroatoms. The van der Waals surface area contributed by atoms with Crippen molar-refractivity contribution < 1.29 is 10.3 Å². The zero-order valence-electron chi connectivity index (χ0n) is 17.4. The Morgan fingerprint density at radius 2 is 1.04 bits per heavy atom. The summed E-state index contributed by atoms with van der Waals surface area (Å²) >= 11 is 0. The molecule has 0 aliphatic rings. The maximum absolute atomic E-state index is 9.89. The molecule has 1 unspecified atom stereocenters. The van der Waals surface area contributed by atoms with Crippen LogP contribution in [0.4, 0.5) is 0 Å². The lowest BCUT2D eigenvalue weighted by molar-refractivity contribution is -0.110. The van der Waals surface area contributed by atoms with Crippen LogP contribution >= 0.6 is 0 Å². The summed E-state index contributed by atoms with van der Waals surface area (Å²) in [5.74, 6) is 0.586. The van der Waals surface area contributed by atoms with Crippen molar-refractivity contribution in [1.29, 1.82) is 0 Å². The largest absolute Gasteiger partial charge is 0.395 e. The van der Waals surface area contributed by atoms with Crippen LogP contribution in [0, 0.1) is 5.92 Å². The quantitative estimate of drug-likeness (QED) is 0.191. The molecular weight excluding hydrogens is 310 g/mol. The van der Waals surface area contributed by atoms with Crippen molar-refractivity contribution in [2.24, 2.45) is 5.92 Å². The Balaban J connectivity index is 3.81. The molecule has 0 aromatic rings. The first-order valence-electron chi connectivity index (χ1n) is 11.3. The van der Waals surface area contributed by atoms with E-state index in [4.69, 9.17) is 5.11 Å². The molecule has 0 rings (SSSR count). The van der Waals surface area contributed by atoms with Crippen LogP contribution in [-0.2, 0) is 0 Å². The lowest BCUT2D eigenvalue weighted by atomic mass is 9.94. The summed E-state index contributed by atoms with van der Waals surface area (Å²) in [4.78, 5) is 0. The van der Waals surface area contributed by atoms with E-state index in [1.54, 1.807) is 0 Å². The van der Waals surface area contributed by atoms with E-state index in [-0.39, 0.29) is 6.61 Å². The highest BCUT2D eigenvalue weighted by Crippen LogP contribution is 2.20. The fourth-order valence-corrected chi connectivity index (χ4v) is 3.61. The van der Waals surface area contributed by atoms with Crippen LogP contribution in [-0.4, -0.2) is 35.1 Å². The first-order chi connectivity index (χ1) is 12.2. The van der Waals surface area contributed by atoms with Crippen molar-refractivity contribution in [3.05, 3.63) is 0 Å². The Labute approximate surface area is 158 Å². The Hall–Kier alpha value is -0.120. The molecule has 25 heavy (non-hydrogen) atoms. The second-order valence-corrected chi connectivity index (χ2v) is 7.82. The van der Waals surface area contributed by atoms with E-state index in [9.17, 15) is 5.21 Å². The maximum Gasteiger partial charge on any atom is 0.0581 e. The van der Waals surface area contributed by atoms with Crippen molar-refractivity contribution in [3.8, 4) is 0 Å². The lowest BCUT2D eigenvalue weighted by Crippen LogP contribution is -2.29. The summed E-state index contributed by atoms with van der Waals surface area (Å²) in [5.41, 5.74) is 0. The van der Waals surface area contributed by atoms with Gasteiger partial charge in [0.05, 0.1) is 6.61 Å². The van der Waals surface area contributed by atoms with Gasteiger partial charge >= 0.3 is 0 Å². The highest BCUT2D eigenvalue weighted by molar-refractivity contribution is 4.63. The topological polar surface area (TPSA) is 43.7 Å². The molecule has 0 saturated carbocycles. The third-order valence-corrected chi connectivity index (χ3v) is 5.26. The molecule has 0 spiro atoms. The van der Waals surface area contributed by atoms with E-state index in [1.165, 1.54) is 108 Å². The molecule has 2 N–H and O–H groups in total. The zero-order valence-corrected chi connectivity index (χ0v) is 17.4. The van der Waals surface area contributed by atoms with E-state index >= 15 is 0 Å². The SMILES string of the molecule is CCCCCCCCCCC(CCCCCCCC)CN(O)CCO. The number of aliphatic hydroxyl groups is 1. The average Bonchev–Trinajstić information content (AvgIpc) is 2.60. The van der Waals surface area contributed by atoms with Gasteiger partial charge in [0.15, 0.2) is 0 Å². The molecule has 0 saturated heterocycles. The molecule has 0 aromatic carbocycles. The van der Waals surface area contributed by atoms with Gasteiger partial charge in [-0.05, 0) is 18.8 Å². The number of hydrogen-bond acceptors (Lipinski definition) is 3. The minimum Gasteiger partial charge on any atom is -0.395 e. The highest BCUT2D eigenvalue weighted by atomic mass is 16.5. The van der Waals surface area contributed by atoms with Crippen molar-refractivity contribution in [2.45, 2.75) is 117 Å². The third kappa shape index (κ3) is 18.5. The molecule has 0 amide bonds. The van der Waals surface area contributed by atoms with Crippen LogP contribution in [0.1, 0.15) is 117 Å². The number of rotatable bonds is 20. The third-order valence-electron chi connectivity index (χ3n) is 5.26. The van der Waals surface area contributed by atoms with E-state index < -0.39 is 0 Å². The van der Waals surface area contributed by atoms with Crippen LogP contribution in [0.3, 0.4) is 0 Å². The van der Waals surface area contributed by atoms with Gasteiger partial charge in [0.1, 0.15) is 0 Å². The van der Waals surface area contributed by atoms with Crippen molar-refractivity contribution in [3.63, 3.8) is 0 Å². The summed E-state index contributed by atoms with van der Waals surface area (Å²) in [6.07, 6.45) is 21.4. The highest BCUT2D eigenvalue weighted by Gasteiger charge is 2.12. The molecule has 152 valence electrons. The molecule has 0 aliphatic carbocycles. The summed E-state index contributed by atoms with van der Waals surface area (Å²) in [5, 5.41) is 20.2. The second kappa shape index (κ2) is 20.2.